The van der Waals surface area contributed by atoms with Crippen molar-refractivity contribution in [3.8, 4) is 0 Å². The van der Waals surface area contributed by atoms with Crippen molar-refractivity contribution in [2.24, 2.45) is 0 Å². The van der Waals surface area contributed by atoms with Crippen molar-refractivity contribution in [3.05, 3.63) is 42.5 Å². The molecule has 1 atom stereocenters. The van der Waals surface area contributed by atoms with E-state index in [0.29, 0.717) is 13.0 Å². The van der Waals surface area contributed by atoms with E-state index >= 15 is 0 Å². The maximum absolute atomic E-state index is 11.3. The molecule has 0 radical (unpaired) electrons. The van der Waals surface area contributed by atoms with Gasteiger partial charge in [0.25, 0.3) is 0 Å². The largest absolute Gasteiger partial charge is 0.494 e. The number of rotatable bonds is 9. The molecule has 1 amide bonds. The third-order valence-electron chi connectivity index (χ3n) is 4.07. The molecule has 1 saturated heterocycles. The number of carbonyl (C=O) groups excluding carboxylic acids is 1. The highest BCUT2D eigenvalue weighted by atomic mass is 16.6. The number of allylic oxidation sites excluding steroid dienone is 2. The average molecular weight is 329 g/mol. The van der Waals surface area contributed by atoms with E-state index in [9.17, 15) is 4.79 Å². The Kier molecular flexibility index (Phi) is 8.64. The van der Waals surface area contributed by atoms with Gasteiger partial charge in [0.15, 0.2) is 0 Å². The molecule has 1 N–H and O–H groups in total. The predicted molar refractivity (Wildman–Crippen MR) is 98.2 cm³/mol. The maximum atomic E-state index is 11.3. The lowest BCUT2D eigenvalue weighted by molar-refractivity contribution is -0.121. The van der Waals surface area contributed by atoms with Gasteiger partial charge in [-0.05, 0) is 44.5 Å². The van der Waals surface area contributed by atoms with Crippen molar-refractivity contribution >= 4 is 18.5 Å². The van der Waals surface area contributed by atoms with Crippen LogP contribution in [0.1, 0.15) is 45.4 Å². The van der Waals surface area contributed by atoms with Crippen molar-refractivity contribution < 1.29 is 14.1 Å². The van der Waals surface area contributed by atoms with E-state index in [0.717, 1.165) is 44.2 Å². The van der Waals surface area contributed by atoms with Crippen molar-refractivity contribution in [1.29, 1.82) is 0 Å². The molecule has 0 unspecified atom stereocenters. The van der Waals surface area contributed by atoms with Gasteiger partial charge >= 0.3 is 7.12 Å². The van der Waals surface area contributed by atoms with Crippen LogP contribution >= 0.6 is 0 Å². The summed E-state index contributed by atoms with van der Waals surface area (Å²) in [5.41, 5.74) is 1.09. The van der Waals surface area contributed by atoms with Crippen molar-refractivity contribution in [2.45, 2.75) is 51.6 Å². The molecule has 4 nitrogen and oxygen atoms in total. The maximum Gasteiger partial charge on any atom is 0.494 e. The van der Waals surface area contributed by atoms with Gasteiger partial charge in [-0.1, -0.05) is 42.5 Å². The monoisotopic (exact) mass is 329 g/mol. The molecule has 1 aliphatic heterocycles. The first-order valence-corrected chi connectivity index (χ1v) is 9.03. The molecule has 0 aromatic heterocycles. The van der Waals surface area contributed by atoms with Crippen LogP contribution in [0.5, 0.6) is 0 Å². The highest BCUT2D eigenvalue weighted by Gasteiger charge is 2.29. The number of hydrogen-bond donors (Lipinski definition) is 1. The zero-order valence-corrected chi connectivity index (χ0v) is 14.6. The van der Waals surface area contributed by atoms with Gasteiger partial charge in [0.2, 0.25) is 5.91 Å². The summed E-state index contributed by atoms with van der Waals surface area (Å²) in [5, 5.41) is 2.82. The number of carbonyl (C=O) groups is 1. The summed E-state index contributed by atoms with van der Waals surface area (Å²) in [6.45, 7) is 3.41. The minimum Gasteiger partial charge on any atom is -0.407 e. The van der Waals surface area contributed by atoms with Crippen LogP contribution in [0.2, 0.25) is 0 Å². The number of unbranched alkanes of at least 4 members (excludes halogenated alkanes) is 1. The second-order valence-electron chi connectivity index (χ2n) is 6.05. The third kappa shape index (κ3) is 6.89. The molecule has 1 aliphatic rings. The van der Waals surface area contributed by atoms with Crippen LogP contribution in [0.15, 0.2) is 42.5 Å². The summed E-state index contributed by atoms with van der Waals surface area (Å²) in [5.74, 6) is 0.147. The molecule has 5 heteroatoms. The Morgan fingerprint density at radius 3 is 2.88 bits per heavy atom. The number of nitrogens with one attached hydrogen (secondary N) is 1. The molecule has 24 heavy (non-hydrogen) atoms. The Morgan fingerprint density at radius 1 is 1.29 bits per heavy atom. The van der Waals surface area contributed by atoms with Gasteiger partial charge in [0, 0.05) is 25.7 Å². The van der Waals surface area contributed by atoms with Gasteiger partial charge < -0.3 is 14.6 Å². The summed E-state index contributed by atoms with van der Waals surface area (Å²) in [6, 6.07) is 10.1. The second kappa shape index (κ2) is 11.1. The zero-order valence-electron chi connectivity index (χ0n) is 14.6. The van der Waals surface area contributed by atoms with Crippen LogP contribution < -0.4 is 10.8 Å². The Hall–Kier alpha value is -1.59. The lowest BCUT2D eigenvalue weighted by atomic mass is 9.77. The number of amides is 1. The lowest BCUT2D eigenvalue weighted by Gasteiger charge is -2.28. The van der Waals surface area contributed by atoms with E-state index < -0.39 is 0 Å². The standard InChI is InChI=1S/C19H28BNO3/c1-2-21-19(22)14-10-5-3-4-9-13-18-15-16-23-20(24-18)17-11-7-6-8-12-17/h3-4,6-8,11-12,18H,2,5,9-10,13-16H2,1H3,(H,21,22)/b4-3-/t18-/m1/s1. The molecule has 0 aliphatic carbocycles. The SMILES string of the molecule is CCNC(=O)CCC/C=C\CC[C@@H]1CCOB(c2ccccc2)O1. The fourth-order valence-corrected chi connectivity index (χ4v) is 2.77. The molecule has 0 spiro atoms. The van der Waals surface area contributed by atoms with Gasteiger partial charge in [0.1, 0.15) is 0 Å². The first kappa shape index (κ1) is 18.7. The van der Waals surface area contributed by atoms with Crippen LogP contribution in [0.4, 0.5) is 0 Å². The van der Waals surface area contributed by atoms with E-state index in [1.807, 2.05) is 37.3 Å². The Balaban J connectivity index is 1.60. The average Bonchev–Trinajstić information content (AvgIpc) is 2.62. The molecular formula is C19H28BNO3. The minimum atomic E-state index is -0.231. The van der Waals surface area contributed by atoms with E-state index in [-0.39, 0.29) is 19.1 Å². The quantitative estimate of drug-likeness (QED) is 0.430. The third-order valence-corrected chi connectivity index (χ3v) is 4.07. The molecule has 1 aromatic rings. The molecule has 0 bridgehead atoms. The van der Waals surface area contributed by atoms with Gasteiger partial charge in [-0.2, -0.15) is 0 Å². The summed E-state index contributed by atoms with van der Waals surface area (Å²) in [7, 11) is -0.231. The molecule has 1 heterocycles. The van der Waals surface area contributed by atoms with Crippen LogP contribution in [-0.4, -0.2) is 32.3 Å². The molecular weight excluding hydrogens is 301 g/mol. The van der Waals surface area contributed by atoms with Crippen LogP contribution in [-0.2, 0) is 14.1 Å². The predicted octanol–water partition coefficient (Wildman–Crippen LogP) is 2.83. The highest BCUT2D eigenvalue weighted by Crippen LogP contribution is 2.15. The van der Waals surface area contributed by atoms with E-state index in [1.54, 1.807) is 0 Å². The summed E-state index contributed by atoms with van der Waals surface area (Å²) in [6.07, 6.45) is 10.1. The van der Waals surface area contributed by atoms with Crippen molar-refractivity contribution in [1.82, 2.24) is 5.32 Å². The van der Waals surface area contributed by atoms with Crippen LogP contribution in [0.25, 0.3) is 0 Å². The van der Waals surface area contributed by atoms with Gasteiger partial charge in [-0.25, -0.2) is 0 Å². The zero-order chi connectivity index (χ0) is 17.0. The van der Waals surface area contributed by atoms with Crippen molar-refractivity contribution in [3.63, 3.8) is 0 Å². The first-order valence-electron chi connectivity index (χ1n) is 9.03. The smallest absolute Gasteiger partial charge is 0.407 e. The van der Waals surface area contributed by atoms with Crippen molar-refractivity contribution in [2.75, 3.05) is 13.2 Å². The fourth-order valence-electron chi connectivity index (χ4n) is 2.77. The fraction of sp³-hybridized carbons (Fsp3) is 0.526. The van der Waals surface area contributed by atoms with Gasteiger partial charge in [-0.15, -0.1) is 0 Å². The molecule has 1 aromatic carbocycles. The number of benzene rings is 1. The second-order valence-corrected chi connectivity index (χ2v) is 6.05. The Labute approximate surface area is 145 Å². The summed E-state index contributed by atoms with van der Waals surface area (Å²) in [4.78, 5) is 11.3. The van der Waals surface area contributed by atoms with Crippen LogP contribution in [0, 0.1) is 0 Å². The van der Waals surface area contributed by atoms with Gasteiger partial charge in [0.05, 0.1) is 0 Å². The summed E-state index contributed by atoms with van der Waals surface area (Å²) < 4.78 is 11.8. The minimum absolute atomic E-state index is 0.147. The number of hydrogen-bond acceptors (Lipinski definition) is 3. The highest BCUT2D eigenvalue weighted by molar-refractivity contribution is 6.61. The Bertz CT molecular complexity index is 507. The first-order chi connectivity index (χ1) is 11.8. The van der Waals surface area contributed by atoms with Gasteiger partial charge in [-0.3, -0.25) is 4.79 Å². The van der Waals surface area contributed by atoms with Crippen LogP contribution in [0.3, 0.4) is 0 Å². The van der Waals surface area contributed by atoms with E-state index in [1.165, 1.54) is 0 Å². The topological polar surface area (TPSA) is 47.6 Å². The van der Waals surface area contributed by atoms with E-state index in [2.05, 4.69) is 17.5 Å². The Morgan fingerprint density at radius 2 is 2.08 bits per heavy atom. The molecule has 0 saturated carbocycles. The summed E-state index contributed by atoms with van der Waals surface area (Å²) >= 11 is 0. The normalized spacial score (nSPS) is 18.0. The van der Waals surface area contributed by atoms with E-state index in [4.69, 9.17) is 9.31 Å². The molecule has 130 valence electrons. The molecule has 2 rings (SSSR count). The molecule has 1 fully saturated rings. The lowest BCUT2D eigenvalue weighted by Crippen LogP contribution is -2.44.